The van der Waals surface area contributed by atoms with Crippen molar-refractivity contribution in [2.24, 2.45) is 11.8 Å². The molecule has 3 rings (SSSR count). The molecule has 1 aliphatic heterocycles. The van der Waals surface area contributed by atoms with E-state index in [1.807, 2.05) is 30.3 Å². The highest BCUT2D eigenvalue weighted by Gasteiger charge is 2.41. The lowest BCUT2D eigenvalue weighted by atomic mass is 9.74. The molecule has 1 N–H and O–H groups in total. The molecule has 28 heavy (non-hydrogen) atoms. The predicted octanol–water partition coefficient (Wildman–Crippen LogP) is 1.94. The van der Waals surface area contributed by atoms with Gasteiger partial charge in [0.2, 0.25) is 5.91 Å². The Bertz CT molecular complexity index is 753. The fourth-order valence-electron chi connectivity index (χ4n) is 4.10. The third kappa shape index (κ3) is 4.35. The maximum atomic E-state index is 13.2. The van der Waals surface area contributed by atoms with Crippen LogP contribution in [0, 0.1) is 11.8 Å². The number of carbonyl (C=O) groups excluding carboxylic acids is 2. The van der Waals surface area contributed by atoms with Crippen molar-refractivity contribution in [1.82, 2.24) is 4.90 Å². The Morgan fingerprint density at radius 3 is 2.39 bits per heavy atom. The van der Waals surface area contributed by atoms with E-state index in [-0.39, 0.29) is 5.91 Å². The number of anilines is 1. The number of rotatable bonds is 4. The van der Waals surface area contributed by atoms with Crippen molar-refractivity contribution < 1.29 is 24.2 Å². The van der Waals surface area contributed by atoms with Crippen molar-refractivity contribution >= 4 is 23.5 Å². The van der Waals surface area contributed by atoms with Crippen LogP contribution < -0.4 is 4.90 Å². The molecule has 1 saturated carbocycles. The molecule has 7 heteroatoms. The summed E-state index contributed by atoms with van der Waals surface area (Å²) in [5.74, 6) is -3.34. The lowest BCUT2D eigenvalue weighted by Crippen LogP contribution is -2.52. The Kier molecular flexibility index (Phi) is 6.34. The zero-order valence-electron chi connectivity index (χ0n) is 16.0. The molecule has 2 aliphatic rings. The average molecular weight is 386 g/mol. The van der Waals surface area contributed by atoms with Crippen LogP contribution in [0.2, 0.25) is 0 Å². The number of amides is 1. The van der Waals surface area contributed by atoms with E-state index in [2.05, 4.69) is 4.90 Å². The number of hydrogen-bond acceptors (Lipinski definition) is 5. The second-order valence-corrected chi connectivity index (χ2v) is 7.20. The van der Waals surface area contributed by atoms with E-state index >= 15 is 0 Å². The van der Waals surface area contributed by atoms with E-state index in [9.17, 15) is 19.5 Å². The van der Waals surface area contributed by atoms with Crippen LogP contribution >= 0.6 is 0 Å². The number of piperazine rings is 1. The molecular weight excluding hydrogens is 360 g/mol. The van der Waals surface area contributed by atoms with Crippen molar-refractivity contribution in [2.45, 2.75) is 19.3 Å². The van der Waals surface area contributed by atoms with Gasteiger partial charge in [-0.25, -0.2) is 4.79 Å². The third-order valence-corrected chi connectivity index (χ3v) is 5.58. The molecule has 0 unspecified atom stereocenters. The second kappa shape index (κ2) is 8.91. The van der Waals surface area contributed by atoms with Gasteiger partial charge in [0.25, 0.3) is 0 Å². The van der Waals surface area contributed by atoms with Crippen molar-refractivity contribution in [3.63, 3.8) is 0 Å². The molecule has 1 aliphatic carbocycles. The topological polar surface area (TPSA) is 87.2 Å². The molecule has 0 aromatic heterocycles. The van der Waals surface area contributed by atoms with Gasteiger partial charge in [-0.3, -0.25) is 9.59 Å². The largest absolute Gasteiger partial charge is 0.481 e. The van der Waals surface area contributed by atoms with Crippen molar-refractivity contribution in [3.8, 4) is 0 Å². The first-order valence-corrected chi connectivity index (χ1v) is 9.61. The predicted molar refractivity (Wildman–Crippen MR) is 104 cm³/mol. The fourth-order valence-corrected chi connectivity index (χ4v) is 4.10. The standard InChI is InChI=1S/C21H26N2O5/c1-28-18(24)14-15-6-5-9-17(21(26)27)19(15)20(25)23-12-10-22(11-13-23)16-7-3-2-4-8-16/h2-4,7-8,14,17,19H,5-6,9-13H2,1H3,(H,26,27)/t17-,19+/m0/s1. The van der Waals surface area contributed by atoms with Gasteiger partial charge in [0.05, 0.1) is 18.9 Å². The van der Waals surface area contributed by atoms with E-state index in [1.165, 1.54) is 13.2 Å². The van der Waals surface area contributed by atoms with E-state index in [0.29, 0.717) is 51.0 Å². The number of para-hydroxylation sites is 1. The second-order valence-electron chi connectivity index (χ2n) is 7.20. The molecule has 1 saturated heterocycles. The Hall–Kier alpha value is -2.83. The van der Waals surface area contributed by atoms with E-state index in [4.69, 9.17) is 4.74 Å². The highest BCUT2D eigenvalue weighted by atomic mass is 16.5. The summed E-state index contributed by atoms with van der Waals surface area (Å²) in [6.07, 6.45) is 2.93. The number of hydrogen-bond donors (Lipinski definition) is 1. The normalized spacial score (nSPS) is 24.1. The number of carboxylic acid groups (broad SMARTS) is 1. The summed E-state index contributed by atoms with van der Waals surface area (Å²) in [6, 6.07) is 10.0. The van der Waals surface area contributed by atoms with Gasteiger partial charge < -0.3 is 19.6 Å². The average Bonchev–Trinajstić information content (AvgIpc) is 2.73. The minimum Gasteiger partial charge on any atom is -0.481 e. The summed E-state index contributed by atoms with van der Waals surface area (Å²) in [6.45, 7) is 2.44. The molecule has 2 atom stereocenters. The van der Waals surface area contributed by atoms with Gasteiger partial charge in [-0.1, -0.05) is 18.2 Å². The van der Waals surface area contributed by atoms with Crippen molar-refractivity contribution in [2.75, 3.05) is 38.2 Å². The molecule has 2 fully saturated rings. The monoisotopic (exact) mass is 386 g/mol. The van der Waals surface area contributed by atoms with Crippen molar-refractivity contribution in [3.05, 3.63) is 42.0 Å². The van der Waals surface area contributed by atoms with Crippen molar-refractivity contribution in [1.29, 1.82) is 0 Å². The number of carboxylic acids is 1. The number of benzene rings is 1. The Labute approximate surface area is 164 Å². The summed E-state index contributed by atoms with van der Waals surface area (Å²) >= 11 is 0. The molecule has 0 spiro atoms. The highest BCUT2D eigenvalue weighted by Crippen LogP contribution is 2.36. The lowest BCUT2D eigenvalue weighted by Gasteiger charge is -2.40. The summed E-state index contributed by atoms with van der Waals surface area (Å²) < 4.78 is 4.69. The Morgan fingerprint density at radius 1 is 1.11 bits per heavy atom. The van der Waals surface area contributed by atoms with Gasteiger partial charge in [-0.15, -0.1) is 0 Å². The lowest BCUT2D eigenvalue weighted by molar-refractivity contribution is -0.150. The first-order valence-electron chi connectivity index (χ1n) is 9.61. The van der Waals surface area contributed by atoms with Gasteiger partial charge >= 0.3 is 11.9 Å². The number of nitrogens with zero attached hydrogens (tertiary/aromatic N) is 2. The fraction of sp³-hybridized carbons (Fsp3) is 0.476. The van der Waals surface area contributed by atoms with E-state index in [0.717, 1.165) is 5.69 Å². The van der Waals surface area contributed by atoms with E-state index in [1.54, 1.807) is 4.90 Å². The molecule has 0 bridgehead atoms. The number of carbonyl (C=O) groups is 3. The van der Waals surface area contributed by atoms with Crippen LogP contribution in [-0.4, -0.2) is 61.1 Å². The summed E-state index contributed by atoms with van der Waals surface area (Å²) in [5.41, 5.74) is 1.68. The van der Waals surface area contributed by atoms with Crippen LogP contribution in [0.5, 0.6) is 0 Å². The third-order valence-electron chi connectivity index (χ3n) is 5.58. The Morgan fingerprint density at radius 2 is 1.79 bits per heavy atom. The maximum Gasteiger partial charge on any atom is 0.330 e. The van der Waals surface area contributed by atoms with Gasteiger partial charge in [0.15, 0.2) is 0 Å². The smallest absolute Gasteiger partial charge is 0.330 e. The van der Waals surface area contributed by atoms with Crippen LogP contribution in [0.25, 0.3) is 0 Å². The summed E-state index contributed by atoms with van der Waals surface area (Å²) in [7, 11) is 1.27. The number of ether oxygens (including phenoxy) is 1. The zero-order chi connectivity index (χ0) is 20.1. The minimum atomic E-state index is -0.989. The van der Waals surface area contributed by atoms with Crippen LogP contribution in [0.1, 0.15) is 19.3 Å². The SMILES string of the molecule is COC(=O)C=C1CCC[C@H](C(=O)O)[C@@H]1C(=O)N1CCN(c2ccccc2)CC1. The highest BCUT2D eigenvalue weighted by molar-refractivity contribution is 5.90. The molecule has 150 valence electrons. The Balaban J connectivity index is 1.75. The molecule has 1 aromatic rings. The molecule has 7 nitrogen and oxygen atoms in total. The summed E-state index contributed by atoms with van der Waals surface area (Å²) in [4.78, 5) is 40.7. The first-order chi connectivity index (χ1) is 13.5. The van der Waals surface area contributed by atoms with Crippen LogP contribution in [0.4, 0.5) is 5.69 Å². The van der Waals surface area contributed by atoms with Gasteiger partial charge in [0, 0.05) is 37.9 Å². The van der Waals surface area contributed by atoms with Gasteiger partial charge in [0.1, 0.15) is 0 Å². The van der Waals surface area contributed by atoms with Crippen LogP contribution in [-0.2, 0) is 19.1 Å². The minimum absolute atomic E-state index is 0.199. The summed E-state index contributed by atoms with van der Waals surface area (Å²) in [5, 5.41) is 9.63. The first kappa shape index (κ1) is 19.9. The number of methoxy groups -OCH3 is 1. The number of esters is 1. The molecule has 0 radical (unpaired) electrons. The molecule has 1 aromatic carbocycles. The number of aliphatic carboxylic acids is 1. The molecule has 1 heterocycles. The van der Waals surface area contributed by atoms with Crippen LogP contribution in [0.15, 0.2) is 42.0 Å². The van der Waals surface area contributed by atoms with Crippen LogP contribution in [0.3, 0.4) is 0 Å². The van der Waals surface area contributed by atoms with Gasteiger partial charge in [-0.05, 0) is 37.0 Å². The maximum absolute atomic E-state index is 13.2. The quantitative estimate of drug-likeness (QED) is 0.629. The van der Waals surface area contributed by atoms with Gasteiger partial charge in [-0.2, -0.15) is 0 Å². The van der Waals surface area contributed by atoms with E-state index < -0.39 is 23.8 Å². The molecular formula is C21H26N2O5. The zero-order valence-corrected chi connectivity index (χ0v) is 16.0. The molecule has 1 amide bonds.